The molecular weight excluding hydrogens is 148 g/mol. The van der Waals surface area contributed by atoms with Crippen LogP contribution in [0.3, 0.4) is 0 Å². The molecule has 0 bridgehead atoms. The molecule has 2 heteroatoms. The summed E-state index contributed by atoms with van der Waals surface area (Å²) in [7, 11) is 2.05. The number of hydrogen-bond acceptors (Lipinski definition) is 0. The first-order valence-corrected chi connectivity index (χ1v) is 4.05. The molecule has 0 spiro atoms. The quantitative estimate of drug-likeness (QED) is 0.661. The van der Waals surface area contributed by atoms with E-state index in [0.717, 1.165) is 0 Å². The molecule has 0 radical (unpaired) electrons. The van der Waals surface area contributed by atoms with Crippen LogP contribution in [0.2, 0.25) is 0 Å². The van der Waals surface area contributed by atoms with Crippen LogP contribution in [0.15, 0.2) is 30.5 Å². The summed E-state index contributed by atoms with van der Waals surface area (Å²) in [5, 5.41) is 0. The van der Waals surface area contributed by atoms with Crippen molar-refractivity contribution in [2.45, 2.75) is 6.92 Å². The zero-order valence-electron chi connectivity index (χ0n) is 7.33. The van der Waals surface area contributed by atoms with Gasteiger partial charge >= 0.3 is 0 Å². The minimum absolute atomic E-state index is 1.18. The molecule has 2 aromatic rings. The van der Waals surface area contributed by atoms with E-state index < -0.39 is 0 Å². The second-order valence-electron chi connectivity index (χ2n) is 3.06. The molecule has 0 amide bonds. The van der Waals surface area contributed by atoms with Gasteiger partial charge in [0, 0.05) is 18.9 Å². The van der Waals surface area contributed by atoms with E-state index in [0.29, 0.717) is 0 Å². The fourth-order valence-electron chi connectivity index (χ4n) is 1.39. The van der Waals surface area contributed by atoms with Crippen LogP contribution in [0.1, 0.15) is 5.69 Å². The molecule has 0 saturated heterocycles. The van der Waals surface area contributed by atoms with Crippen molar-refractivity contribution in [2.24, 2.45) is 7.05 Å². The average molecular weight is 160 g/mol. The minimum Gasteiger partial charge on any atom is -0.357 e. The van der Waals surface area contributed by atoms with Gasteiger partial charge in [-0.15, -0.1) is 0 Å². The van der Waals surface area contributed by atoms with Crippen LogP contribution in [0.4, 0.5) is 0 Å². The maximum absolute atomic E-state index is 3.30. The topological polar surface area (TPSA) is 20.7 Å². The molecular formula is C10H12N2. The number of hydrogen-bond donors (Lipinski definition) is 1. The molecule has 2 aromatic heterocycles. The zero-order chi connectivity index (χ0) is 8.55. The van der Waals surface area contributed by atoms with Gasteiger partial charge in [0.25, 0.3) is 0 Å². The van der Waals surface area contributed by atoms with E-state index in [-0.39, 0.29) is 0 Å². The summed E-state index contributed by atoms with van der Waals surface area (Å²) in [5.74, 6) is 0. The highest BCUT2D eigenvalue weighted by atomic mass is 14.9. The Labute approximate surface area is 71.8 Å². The van der Waals surface area contributed by atoms with E-state index in [4.69, 9.17) is 0 Å². The molecule has 2 nitrogen and oxygen atoms in total. The highest BCUT2D eigenvalue weighted by Gasteiger charge is 2.01. The molecule has 0 fully saturated rings. The van der Waals surface area contributed by atoms with Gasteiger partial charge in [0.05, 0.1) is 11.4 Å². The summed E-state index contributed by atoms with van der Waals surface area (Å²) >= 11 is 0. The summed E-state index contributed by atoms with van der Waals surface area (Å²) in [6.45, 7) is 2.06. The number of aromatic amines is 1. The van der Waals surface area contributed by atoms with Gasteiger partial charge in [0.1, 0.15) is 0 Å². The highest BCUT2D eigenvalue weighted by Crippen LogP contribution is 2.17. The molecule has 0 aromatic carbocycles. The number of nitrogens with one attached hydrogen (secondary N) is 1. The summed E-state index contributed by atoms with van der Waals surface area (Å²) in [6.07, 6.45) is 2.05. The van der Waals surface area contributed by atoms with Crippen LogP contribution in [-0.2, 0) is 7.05 Å². The van der Waals surface area contributed by atoms with Crippen LogP contribution in [0, 0.1) is 6.92 Å². The number of nitrogens with zero attached hydrogens (tertiary/aromatic N) is 1. The first-order valence-electron chi connectivity index (χ1n) is 4.05. The fraction of sp³-hybridized carbons (Fsp3) is 0.200. The third kappa shape index (κ3) is 1.05. The van der Waals surface area contributed by atoms with E-state index in [9.17, 15) is 0 Å². The summed E-state index contributed by atoms with van der Waals surface area (Å²) < 4.78 is 2.10. The van der Waals surface area contributed by atoms with Gasteiger partial charge in [-0.3, -0.25) is 0 Å². The Morgan fingerprint density at radius 2 is 2.08 bits per heavy atom. The third-order valence-electron chi connectivity index (χ3n) is 2.05. The van der Waals surface area contributed by atoms with Gasteiger partial charge in [0.2, 0.25) is 0 Å². The van der Waals surface area contributed by atoms with Gasteiger partial charge in [-0.05, 0) is 31.2 Å². The Balaban J connectivity index is 2.50. The number of aromatic nitrogens is 2. The molecule has 0 atom stereocenters. The Hall–Kier alpha value is -1.44. The van der Waals surface area contributed by atoms with Gasteiger partial charge in [-0.1, -0.05) is 0 Å². The Bertz CT molecular complexity index is 382. The van der Waals surface area contributed by atoms with Crippen molar-refractivity contribution >= 4 is 0 Å². The fourth-order valence-corrected chi connectivity index (χ4v) is 1.39. The van der Waals surface area contributed by atoms with Crippen molar-refractivity contribution in [2.75, 3.05) is 0 Å². The molecule has 0 unspecified atom stereocenters. The summed E-state index contributed by atoms with van der Waals surface area (Å²) in [4.78, 5) is 3.30. The number of H-pyrrole nitrogens is 1. The van der Waals surface area contributed by atoms with Crippen LogP contribution in [0.5, 0.6) is 0 Å². The number of aryl methyl sites for hydroxylation is 2. The Morgan fingerprint density at radius 3 is 2.58 bits per heavy atom. The average Bonchev–Trinajstić information content (AvgIpc) is 2.58. The Morgan fingerprint density at radius 1 is 1.25 bits per heavy atom. The predicted molar refractivity (Wildman–Crippen MR) is 49.9 cm³/mol. The minimum atomic E-state index is 1.18. The van der Waals surface area contributed by atoms with E-state index in [2.05, 4.69) is 34.7 Å². The van der Waals surface area contributed by atoms with Crippen LogP contribution < -0.4 is 0 Å². The maximum Gasteiger partial charge on any atom is 0.0643 e. The molecule has 0 saturated carbocycles. The van der Waals surface area contributed by atoms with Crippen molar-refractivity contribution in [3.8, 4) is 11.4 Å². The lowest BCUT2D eigenvalue weighted by Gasteiger charge is -1.98. The smallest absolute Gasteiger partial charge is 0.0643 e. The predicted octanol–water partition coefficient (Wildman–Crippen LogP) is 2.33. The van der Waals surface area contributed by atoms with E-state index in [1.165, 1.54) is 17.1 Å². The summed E-state index contributed by atoms with van der Waals surface area (Å²) in [6, 6.07) is 8.34. The second-order valence-corrected chi connectivity index (χ2v) is 3.06. The van der Waals surface area contributed by atoms with Crippen LogP contribution in [0.25, 0.3) is 11.4 Å². The lowest BCUT2D eigenvalue weighted by Crippen LogP contribution is -1.88. The molecule has 1 N–H and O–H groups in total. The molecule has 12 heavy (non-hydrogen) atoms. The van der Waals surface area contributed by atoms with Crippen molar-refractivity contribution in [1.29, 1.82) is 0 Å². The van der Waals surface area contributed by atoms with E-state index in [1.807, 2.05) is 19.3 Å². The molecule has 2 rings (SSSR count). The second kappa shape index (κ2) is 2.55. The van der Waals surface area contributed by atoms with Gasteiger partial charge in [0.15, 0.2) is 0 Å². The SMILES string of the molecule is Cc1ccc(-c2cccn2C)[nH]1. The van der Waals surface area contributed by atoms with Gasteiger partial charge in [-0.25, -0.2) is 0 Å². The first kappa shape index (κ1) is 7.22. The molecule has 62 valence electrons. The van der Waals surface area contributed by atoms with Gasteiger partial charge in [-0.2, -0.15) is 0 Å². The standard InChI is InChI=1S/C10H12N2/c1-8-5-6-9(11-8)10-4-3-7-12(10)2/h3-7,11H,1-2H3. The molecule has 2 heterocycles. The van der Waals surface area contributed by atoms with Crippen LogP contribution >= 0.6 is 0 Å². The third-order valence-corrected chi connectivity index (χ3v) is 2.05. The van der Waals surface area contributed by atoms with Crippen molar-refractivity contribution < 1.29 is 0 Å². The van der Waals surface area contributed by atoms with E-state index in [1.54, 1.807) is 0 Å². The normalized spacial score (nSPS) is 10.5. The Kier molecular flexibility index (Phi) is 1.54. The highest BCUT2D eigenvalue weighted by molar-refractivity contribution is 5.55. The van der Waals surface area contributed by atoms with Gasteiger partial charge < -0.3 is 9.55 Å². The molecule has 0 aliphatic heterocycles. The first-order chi connectivity index (χ1) is 5.77. The van der Waals surface area contributed by atoms with E-state index >= 15 is 0 Å². The molecule has 0 aliphatic rings. The summed E-state index contributed by atoms with van der Waals surface area (Å²) in [5.41, 5.74) is 3.61. The van der Waals surface area contributed by atoms with Crippen molar-refractivity contribution in [1.82, 2.24) is 9.55 Å². The monoisotopic (exact) mass is 160 g/mol. The van der Waals surface area contributed by atoms with Crippen molar-refractivity contribution in [3.05, 3.63) is 36.2 Å². The lowest BCUT2D eigenvalue weighted by atomic mass is 10.3. The van der Waals surface area contributed by atoms with Crippen LogP contribution in [-0.4, -0.2) is 9.55 Å². The maximum atomic E-state index is 3.30. The zero-order valence-corrected chi connectivity index (χ0v) is 7.33. The van der Waals surface area contributed by atoms with Crippen molar-refractivity contribution in [3.63, 3.8) is 0 Å². The molecule has 0 aliphatic carbocycles. The lowest BCUT2D eigenvalue weighted by molar-refractivity contribution is 0.932. The number of rotatable bonds is 1. The largest absolute Gasteiger partial charge is 0.357 e.